The van der Waals surface area contributed by atoms with Gasteiger partial charge in [-0.25, -0.2) is 4.79 Å². The summed E-state index contributed by atoms with van der Waals surface area (Å²) in [6.45, 7) is 3.90. The third kappa shape index (κ3) is 1.10. The summed E-state index contributed by atoms with van der Waals surface area (Å²) in [5, 5.41) is 0. The van der Waals surface area contributed by atoms with Crippen molar-refractivity contribution < 1.29 is 19.1 Å². The lowest BCUT2D eigenvalue weighted by Gasteiger charge is -2.31. The topological polar surface area (TPSA) is 52.6 Å². The average molecular weight is 222 g/mol. The summed E-state index contributed by atoms with van der Waals surface area (Å²) in [5.74, 6) is -0.104. The molecule has 1 heterocycles. The van der Waals surface area contributed by atoms with E-state index in [1.807, 2.05) is 0 Å². The minimum Gasteiger partial charge on any atom is -0.465 e. The molecule has 3 rings (SSSR count). The van der Waals surface area contributed by atoms with E-state index in [0.717, 1.165) is 25.3 Å². The van der Waals surface area contributed by atoms with Crippen LogP contribution in [0.1, 0.15) is 19.3 Å². The monoisotopic (exact) mass is 222 g/mol. The molecule has 1 saturated heterocycles. The molecule has 0 aromatic heterocycles. The van der Waals surface area contributed by atoms with Crippen molar-refractivity contribution in [3.63, 3.8) is 0 Å². The van der Waals surface area contributed by atoms with E-state index < -0.39 is 11.6 Å². The Bertz CT molecular complexity index is 375. The number of carbonyl (C=O) groups excluding carboxylic acids is 2. The normalized spacial score (nSPS) is 44.0. The molecule has 0 N–H and O–H groups in total. The maximum absolute atomic E-state index is 11.7. The third-order valence-electron chi connectivity index (χ3n) is 4.29. The summed E-state index contributed by atoms with van der Waals surface area (Å²) < 4.78 is 10.6. The molecular weight excluding hydrogens is 208 g/mol. The first-order valence-corrected chi connectivity index (χ1v) is 5.68. The number of ether oxygens (including phenoxy) is 2. The molecule has 2 bridgehead atoms. The van der Waals surface area contributed by atoms with Gasteiger partial charge in [0, 0.05) is 12.0 Å². The molecular formula is C12H14O4. The van der Waals surface area contributed by atoms with Gasteiger partial charge in [-0.15, -0.1) is 0 Å². The van der Waals surface area contributed by atoms with E-state index in [1.54, 1.807) is 0 Å². The van der Waals surface area contributed by atoms with Crippen molar-refractivity contribution in [1.29, 1.82) is 0 Å². The predicted octanol–water partition coefficient (Wildman–Crippen LogP) is 1.06. The molecule has 1 aliphatic heterocycles. The van der Waals surface area contributed by atoms with Gasteiger partial charge in [0.15, 0.2) is 0 Å². The molecule has 4 atom stereocenters. The highest BCUT2D eigenvalue weighted by molar-refractivity contribution is 5.83. The number of esters is 2. The summed E-state index contributed by atoms with van der Waals surface area (Å²) in [6, 6.07) is 0. The lowest BCUT2D eigenvalue weighted by molar-refractivity contribution is -0.164. The Morgan fingerprint density at radius 1 is 1.62 bits per heavy atom. The molecule has 0 aromatic carbocycles. The molecule has 4 nitrogen and oxygen atoms in total. The smallest absolute Gasteiger partial charge is 0.330 e. The van der Waals surface area contributed by atoms with E-state index in [9.17, 15) is 9.59 Å². The van der Waals surface area contributed by atoms with Crippen molar-refractivity contribution in [3.05, 3.63) is 12.7 Å². The van der Waals surface area contributed by atoms with Crippen LogP contribution >= 0.6 is 0 Å². The summed E-state index contributed by atoms with van der Waals surface area (Å²) in [5.41, 5.74) is -0.589. The van der Waals surface area contributed by atoms with E-state index in [0.29, 0.717) is 12.5 Å². The Morgan fingerprint density at radius 2 is 2.44 bits per heavy atom. The number of fused-ring (bicyclic) bond motifs is 5. The first-order chi connectivity index (χ1) is 7.66. The molecule has 86 valence electrons. The predicted molar refractivity (Wildman–Crippen MR) is 54.3 cm³/mol. The SMILES string of the molecule is C=CC(=O)OC12CCC(C1)C1COC(=O)C12. The van der Waals surface area contributed by atoms with Crippen LogP contribution in [-0.4, -0.2) is 24.1 Å². The lowest BCUT2D eigenvalue weighted by atomic mass is 9.79. The fourth-order valence-electron chi connectivity index (χ4n) is 3.68. The highest BCUT2D eigenvalue weighted by Crippen LogP contribution is 2.59. The second kappa shape index (κ2) is 3.09. The van der Waals surface area contributed by atoms with E-state index in [2.05, 4.69) is 6.58 Å². The summed E-state index contributed by atoms with van der Waals surface area (Å²) in [6.07, 6.45) is 3.79. The molecule has 0 spiro atoms. The molecule has 0 amide bonds. The summed E-state index contributed by atoms with van der Waals surface area (Å²) >= 11 is 0. The van der Waals surface area contributed by atoms with Gasteiger partial charge in [-0.3, -0.25) is 4.79 Å². The molecule has 3 fully saturated rings. The number of rotatable bonds is 2. The van der Waals surface area contributed by atoms with Gasteiger partial charge in [0.25, 0.3) is 0 Å². The van der Waals surface area contributed by atoms with Crippen molar-refractivity contribution in [3.8, 4) is 0 Å². The Labute approximate surface area is 93.6 Å². The Balaban J connectivity index is 1.91. The zero-order valence-corrected chi connectivity index (χ0v) is 8.98. The minimum absolute atomic E-state index is 0.191. The van der Waals surface area contributed by atoms with Gasteiger partial charge >= 0.3 is 11.9 Å². The van der Waals surface area contributed by atoms with E-state index in [1.165, 1.54) is 0 Å². The number of hydrogen-bond acceptors (Lipinski definition) is 4. The lowest BCUT2D eigenvalue weighted by Crippen LogP contribution is -2.42. The second-order valence-corrected chi connectivity index (χ2v) is 4.96. The van der Waals surface area contributed by atoms with Crippen molar-refractivity contribution >= 4 is 11.9 Å². The maximum atomic E-state index is 11.7. The van der Waals surface area contributed by atoms with Gasteiger partial charge in [0.2, 0.25) is 0 Å². The standard InChI is InChI=1S/C12H14O4/c1-2-9(13)16-12-4-3-7(5-12)8-6-15-11(14)10(8)12/h2,7-8,10H,1,3-6H2. The molecule has 4 unspecified atom stereocenters. The number of carbonyl (C=O) groups is 2. The van der Waals surface area contributed by atoms with Crippen LogP contribution < -0.4 is 0 Å². The Kier molecular flexibility index (Phi) is 1.91. The molecule has 2 aliphatic carbocycles. The van der Waals surface area contributed by atoms with E-state index in [-0.39, 0.29) is 17.8 Å². The fraction of sp³-hybridized carbons (Fsp3) is 0.667. The van der Waals surface area contributed by atoms with E-state index in [4.69, 9.17) is 9.47 Å². The molecule has 0 aromatic rings. The van der Waals surface area contributed by atoms with Crippen molar-refractivity contribution in [1.82, 2.24) is 0 Å². The van der Waals surface area contributed by atoms with Crippen LogP contribution in [0.5, 0.6) is 0 Å². The average Bonchev–Trinajstić information content (AvgIpc) is 2.90. The number of hydrogen-bond donors (Lipinski definition) is 0. The van der Waals surface area contributed by atoms with Crippen LogP contribution in [0.4, 0.5) is 0 Å². The molecule has 4 heteroatoms. The van der Waals surface area contributed by atoms with Gasteiger partial charge in [-0.05, 0) is 25.2 Å². The highest BCUT2D eigenvalue weighted by atomic mass is 16.6. The van der Waals surface area contributed by atoms with Crippen LogP contribution in [0.15, 0.2) is 12.7 Å². The highest BCUT2D eigenvalue weighted by Gasteiger charge is 2.66. The zero-order chi connectivity index (χ0) is 11.3. The van der Waals surface area contributed by atoms with Gasteiger partial charge in [0.05, 0.1) is 6.61 Å². The van der Waals surface area contributed by atoms with Gasteiger partial charge in [-0.1, -0.05) is 6.58 Å². The maximum Gasteiger partial charge on any atom is 0.330 e. The van der Waals surface area contributed by atoms with Crippen molar-refractivity contribution in [2.75, 3.05) is 6.61 Å². The quantitative estimate of drug-likeness (QED) is 0.518. The van der Waals surface area contributed by atoms with Gasteiger partial charge in [-0.2, -0.15) is 0 Å². The van der Waals surface area contributed by atoms with Gasteiger partial charge < -0.3 is 9.47 Å². The molecule has 0 radical (unpaired) electrons. The van der Waals surface area contributed by atoms with Crippen LogP contribution in [0.3, 0.4) is 0 Å². The number of cyclic esters (lactones) is 1. The summed E-state index contributed by atoms with van der Waals surface area (Å²) in [4.78, 5) is 23.0. The van der Waals surface area contributed by atoms with Crippen molar-refractivity contribution in [2.24, 2.45) is 17.8 Å². The third-order valence-corrected chi connectivity index (χ3v) is 4.29. The largest absolute Gasteiger partial charge is 0.465 e. The zero-order valence-electron chi connectivity index (χ0n) is 8.98. The Morgan fingerprint density at radius 3 is 3.19 bits per heavy atom. The van der Waals surface area contributed by atoms with Crippen LogP contribution in [-0.2, 0) is 19.1 Å². The fourth-order valence-corrected chi connectivity index (χ4v) is 3.68. The summed E-state index contributed by atoms with van der Waals surface area (Å²) in [7, 11) is 0. The van der Waals surface area contributed by atoms with Crippen molar-refractivity contribution in [2.45, 2.75) is 24.9 Å². The first-order valence-electron chi connectivity index (χ1n) is 5.68. The molecule has 3 aliphatic rings. The van der Waals surface area contributed by atoms with Crippen LogP contribution in [0.2, 0.25) is 0 Å². The molecule has 16 heavy (non-hydrogen) atoms. The van der Waals surface area contributed by atoms with Crippen LogP contribution in [0, 0.1) is 17.8 Å². The first kappa shape index (κ1) is 9.87. The minimum atomic E-state index is -0.589. The second-order valence-electron chi connectivity index (χ2n) is 4.96. The van der Waals surface area contributed by atoms with Gasteiger partial charge in [0.1, 0.15) is 11.5 Å². The van der Waals surface area contributed by atoms with Crippen LogP contribution in [0.25, 0.3) is 0 Å². The van der Waals surface area contributed by atoms with E-state index >= 15 is 0 Å². The Hall–Kier alpha value is -1.32. The molecule has 2 saturated carbocycles.